The Morgan fingerprint density at radius 3 is 2.53 bits per heavy atom. The van der Waals surface area contributed by atoms with Crippen LogP contribution in [0.3, 0.4) is 0 Å². The lowest BCUT2D eigenvalue weighted by Crippen LogP contribution is -2.15. The quantitative estimate of drug-likeness (QED) is 0.861. The number of anilines is 1. The number of rotatable bonds is 2. The second kappa shape index (κ2) is 5.19. The summed E-state index contributed by atoms with van der Waals surface area (Å²) in [6.45, 7) is 5.14. The lowest BCUT2D eigenvalue weighted by Gasteiger charge is -2.09. The molecule has 0 spiro atoms. The van der Waals surface area contributed by atoms with Gasteiger partial charge in [-0.25, -0.2) is 4.98 Å². The van der Waals surface area contributed by atoms with E-state index in [9.17, 15) is 4.79 Å². The van der Waals surface area contributed by atoms with Gasteiger partial charge >= 0.3 is 0 Å². The molecule has 0 aromatic carbocycles. The molecule has 100 valence electrons. The van der Waals surface area contributed by atoms with E-state index < -0.39 is 0 Å². The van der Waals surface area contributed by atoms with Gasteiger partial charge in [-0.2, -0.15) is 0 Å². The molecule has 0 saturated heterocycles. The lowest BCUT2D eigenvalue weighted by molar-refractivity contribution is 0.102. The van der Waals surface area contributed by atoms with E-state index >= 15 is 0 Å². The summed E-state index contributed by atoms with van der Waals surface area (Å²) in [6, 6.07) is 1.62. The van der Waals surface area contributed by atoms with Crippen LogP contribution in [-0.2, 0) is 0 Å². The Kier molecular flexibility index (Phi) is 3.78. The zero-order valence-electron chi connectivity index (χ0n) is 10.5. The van der Waals surface area contributed by atoms with Crippen molar-refractivity contribution in [2.45, 2.75) is 20.8 Å². The molecule has 7 heteroatoms. The summed E-state index contributed by atoms with van der Waals surface area (Å²) in [6.07, 6.45) is 0. The molecule has 0 aliphatic heterocycles. The minimum absolute atomic E-state index is 0.144. The second-order valence-electron chi connectivity index (χ2n) is 4.08. The van der Waals surface area contributed by atoms with Gasteiger partial charge in [0.2, 0.25) is 0 Å². The van der Waals surface area contributed by atoms with Crippen molar-refractivity contribution in [1.29, 1.82) is 0 Å². The number of pyridine rings is 1. The fraction of sp³-hybridized carbons (Fsp3) is 0.250. The molecular weight excluding hydrogens is 289 g/mol. The maximum absolute atomic E-state index is 12.2. The highest BCUT2D eigenvalue weighted by molar-refractivity contribution is 6.35. The normalized spacial score (nSPS) is 10.6. The molecule has 0 radical (unpaired) electrons. The van der Waals surface area contributed by atoms with Gasteiger partial charge in [0.1, 0.15) is 16.5 Å². The number of aryl methyl sites for hydroxylation is 3. The average Bonchev–Trinajstić information content (AvgIpc) is 2.63. The zero-order valence-corrected chi connectivity index (χ0v) is 12.1. The maximum atomic E-state index is 12.2. The Bertz CT molecular complexity index is 610. The molecule has 0 bridgehead atoms. The molecule has 1 amide bonds. The fourth-order valence-electron chi connectivity index (χ4n) is 1.73. The van der Waals surface area contributed by atoms with Crippen molar-refractivity contribution in [2.75, 3.05) is 5.32 Å². The maximum Gasteiger partial charge on any atom is 0.261 e. The Balaban J connectivity index is 2.35. The van der Waals surface area contributed by atoms with Crippen LogP contribution in [0.4, 0.5) is 5.69 Å². The van der Waals surface area contributed by atoms with Gasteiger partial charge in [-0.15, -0.1) is 0 Å². The fourth-order valence-corrected chi connectivity index (χ4v) is 2.31. The van der Waals surface area contributed by atoms with E-state index in [4.69, 9.17) is 27.7 Å². The van der Waals surface area contributed by atoms with Gasteiger partial charge in [-0.3, -0.25) is 4.79 Å². The first-order valence-electron chi connectivity index (χ1n) is 5.47. The van der Waals surface area contributed by atoms with Crippen molar-refractivity contribution < 1.29 is 9.32 Å². The van der Waals surface area contributed by atoms with Gasteiger partial charge in [0.15, 0.2) is 5.15 Å². The van der Waals surface area contributed by atoms with Crippen molar-refractivity contribution in [3.8, 4) is 0 Å². The van der Waals surface area contributed by atoms with Crippen LogP contribution < -0.4 is 5.32 Å². The highest BCUT2D eigenvalue weighted by atomic mass is 35.5. The molecule has 0 atom stereocenters. The van der Waals surface area contributed by atoms with E-state index in [1.165, 1.54) is 0 Å². The van der Waals surface area contributed by atoms with Crippen molar-refractivity contribution in [2.24, 2.45) is 0 Å². The highest BCUT2D eigenvalue weighted by Gasteiger charge is 2.19. The number of hydrogen-bond acceptors (Lipinski definition) is 4. The van der Waals surface area contributed by atoms with Gasteiger partial charge in [0.25, 0.3) is 5.91 Å². The topological polar surface area (TPSA) is 68.0 Å². The highest BCUT2D eigenvalue weighted by Crippen LogP contribution is 2.27. The number of carbonyl (C=O) groups is 1. The summed E-state index contributed by atoms with van der Waals surface area (Å²) in [5, 5.41) is 6.85. The molecule has 5 nitrogen and oxygen atoms in total. The Morgan fingerprint density at radius 1 is 1.32 bits per heavy atom. The third kappa shape index (κ3) is 2.72. The first kappa shape index (κ1) is 13.8. The first-order valence-corrected chi connectivity index (χ1v) is 6.22. The summed E-state index contributed by atoms with van der Waals surface area (Å²) in [5.74, 6) is 0.107. The Hall–Kier alpha value is -1.59. The van der Waals surface area contributed by atoms with Gasteiger partial charge in [0, 0.05) is 0 Å². The number of hydrogen-bond donors (Lipinski definition) is 1. The minimum Gasteiger partial charge on any atom is -0.361 e. The molecule has 0 unspecified atom stereocenters. The summed E-state index contributed by atoms with van der Waals surface area (Å²) >= 11 is 11.7. The van der Waals surface area contributed by atoms with Crippen molar-refractivity contribution >= 4 is 34.8 Å². The second-order valence-corrected chi connectivity index (χ2v) is 4.83. The van der Waals surface area contributed by atoms with Crippen molar-refractivity contribution in [3.63, 3.8) is 0 Å². The third-order valence-corrected chi connectivity index (χ3v) is 3.11. The molecule has 0 saturated carbocycles. The van der Waals surface area contributed by atoms with Gasteiger partial charge in [0.05, 0.1) is 11.4 Å². The van der Waals surface area contributed by atoms with Crippen LogP contribution in [0.25, 0.3) is 0 Å². The van der Waals surface area contributed by atoms with Crippen LogP contribution in [0, 0.1) is 20.8 Å². The first-order chi connectivity index (χ1) is 8.90. The van der Waals surface area contributed by atoms with Gasteiger partial charge in [-0.1, -0.05) is 28.4 Å². The van der Waals surface area contributed by atoms with E-state index in [0.29, 0.717) is 22.7 Å². The van der Waals surface area contributed by atoms with Crippen LogP contribution in [0.15, 0.2) is 10.6 Å². The van der Waals surface area contributed by atoms with Crippen LogP contribution in [-0.4, -0.2) is 16.0 Å². The number of carbonyl (C=O) groups excluding carboxylic acids is 1. The average molecular weight is 300 g/mol. The molecule has 0 aliphatic carbocycles. The predicted octanol–water partition coefficient (Wildman–Crippen LogP) is 3.55. The predicted molar refractivity (Wildman–Crippen MR) is 72.9 cm³/mol. The monoisotopic (exact) mass is 299 g/mol. The molecule has 2 heterocycles. The van der Waals surface area contributed by atoms with E-state index in [0.717, 1.165) is 5.56 Å². The Morgan fingerprint density at radius 2 is 2.00 bits per heavy atom. The summed E-state index contributed by atoms with van der Waals surface area (Å²) < 4.78 is 4.95. The van der Waals surface area contributed by atoms with Crippen LogP contribution in [0.2, 0.25) is 10.3 Å². The largest absolute Gasteiger partial charge is 0.361 e. The van der Waals surface area contributed by atoms with E-state index in [-0.39, 0.29) is 16.2 Å². The standard InChI is InChI=1S/C12H11Cl2N3O2/c1-5-4-8(13)15-11(14)10(5)16-12(18)9-6(2)17-19-7(9)3/h4H,1-3H3,(H,16,18). The van der Waals surface area contributed by atoms with Crippen molar-refractivity contribution in [1.82, 2.24) is 10.1 Å². The number of aromatic nitrogens is 2. The number of amides is 1. The van der Waals surface area contributed by atoms with E-state index in [1.54, 1.807) is 26.8 Å². The molecule has 0 fully saturated rings. The molecule has 19 heavy (non-hydrogen) atoms. The summed E-state index contributed by atoms with van der Waals surface area (Å²) in [7, 11) is 0. The molecular formula is C12H11Cl2N3O2. The van der Waals surface area contributed by atoms with Crippen LogP contribution in [0.1, 0.15) is 27.4 Å². The van der Waals surface area contributed by atoms with Gasteiger partial charge in [-0.05, 0) is 32.4 Å². The summed E-state index contributed by atoms with van der Waals surface area (Å²) in [5.41, 5.74) is 2.07. The molecule has 1 N–H and O–H groups in total. The molecule has 2 aromatic heterocycles. The number of nitrogens with one attached hydrogen (secondary N) is 1. The zero-order chi connectivity index (χ0) is 14.2. The summed E-state index contributed by atoms with van der Waals surface area (Å²) in [4.78, 5) is 16.1. The lowest BCUT2D eigenvalue weighted by atomic mass is 10.2. The van der Waals surface area contributed by atoms with Crippen molar-refractivity contribution in [3.05, 3.63) is 39.0 Å². The number of nitrogens with zero attached hydrogens (tertiary/aromatic N) is 2. The smallest absolute Gasteiger partial charge is 0.261 e. The van der Waals surface area contributed by atoms with E-state index in [1.807, 2.05) is 0 Å². The minimum atomic E-state index is -0.342. The van der Waals surface area contributed by atoms with E-state index in [2.05, 4.69) is 15.5 Å². The molecule has 2 aromatic rings. The van der Waals surface area contributed by atoms with Gasteiger partial charge < -0.3 is 9.84 Å². The third-order valence-electron chi connectivity index (χ3n) is 2.64. The number of halogens is 2. The van der Waals surface area contributed by atoms with Crippen LogP contribution in [0.5, 0.6) is 0 Å². The Labute approximate surface area is 119 Å². The SMILES string of the molecule is Cc1cc(Cl)nc(Cl)c1NC(=O)c1c(C)noc1C. The molecule has 0 aliphatic rings. The molecule has 2 rings (SSSR count). The van der Waals surface area contributed by atoms with Crippen LogP contribution >= 0.6 is 23.2 Å².